The zero-order valence-corrected chi connectivity index (χ0v) is 14.2. The minimum Gasteiger partial charge on any atom is -0.486 e. The maximum absolute atomic E-state index is 14.1. The van der Waals surface area contributed by atoms with Crippen molar-refractivity contribution in [3.05, 3.63) is 35.7 Å². The van der Waals surface area contributed by atoms with Crippen LogP contribution in [0.15, 0.2) is 18.5 Å². The van der Waals surface area contributed by atoms with E-state index >= 15 is 0 Å². The van der Waals surface area contributed by atoms with Gasteiger partial charge in [-0.1, -0.05) is 0 Å². The summed E-state index contributed by atoms with van der Waals surface area (Å²) in [5, 5.41) is 12.4. The lowest BCUT2D eigenvalue weighted by molar-refractivity contribution is 0.234. The highest BCUT2D eigenvalue weighted by atomic mass is 19.1. The third-order valence-electron chi connectivity index (χ3n) is 4.42. The number of aromatic nitrogens is 4. The highest BCUT2D eigenvalue weighted by Gasteiger charge is 2.29. The topological polar surface area (TPSA) is 115 Å². The predicted molar refractivity (Wildman–Crippen MR) is 93.1 cm³/mol. The number of nitrogens with one attached hydrogen (secondary N) is 1. The largest absolute Gasteiger partial charge is 0.486 e. The van der Waals surface area contributed by atoms with E-state index in [-0.39, 0.29) is 29.2 Å². The Morgan fingerprint density at radius 3 is 3.04 bits per heavy atom. The molecule has 9 heteroatoms. The van der Waals surface area contributed by atoms with Gasteiger partial charge in [0.1, 0.15) is 47.5 Å². The average molecular weight is 353 g/mol. The molecule has 0 bridgehead atoms. The average Bonchev–Trinajstić information content (AvgIpc) is 3.01. The lowest BCUT2D eigenvalue weighted by Crippen LogP contribution is -2.24. The molecule has 0 unspecified atom stereocenters. The predicted octanol–water partition coefficient (Wildman–Crippen LogP) is 2.55. The first-order chi connectivity index (χ1) is 12.5. The first kappa shape index (κ1) is 16.1. The van der Waals surface area contributed by atoms with Gasteiger partial charge in [-0.25, -0.2) is 19.3 Å². The van der Waals surface area contributed by atoms with E-state index in [1.807, 2.05) is 24.5 Å². The molecule has 0 radical (unpaired) electrons. The molecule has 8 nitrogen and oxygen atoms in total. The molecule has 0 spiro atoms. The number of benzene rings is 1. The Labute approximate surface area is 148 Å². The molecule has 0 saturated carbocycles. The van der Waals surface area contributed by atoms with Crippen LogP contribution in [0.25, 0.3) is 11.0 Å². The fourth-order valence-electron chi connectivity index (χ4n) is 3.21. The molecule has 3 aromatic rings. The van der Waals surface area contributed by atoms with Crippen molar-refractivity contribution in [2.45, 2.75) is 25.9 Å². The Kier molecular flexibility index (Phi) is 3.61. The molecule has 2 aromatic heterocycles. The van der Waals surface area contributed by atoms with E-state index in [0.717, 1.165) is 0 Å². The van der Waals surface area contributed by atoms with Gasteiger partial charge in [-0.3, -0.25) is 0 Å². The summed E-state index contributed by atoms with van der Waals surface area (Å²) in [5.74, 6) is 0.948. The monoisotopic (exact) mass is 353 g/mol. The van der Waals surface area contributed by atoms with Crippen LogP contribution >= 0.6 is 0 Å². The van der Waals surface area contributed by atoms with E-state index in [9.17, 15) is 9.65 Å². The van der Waals surface area contributed by atoms with Crippen LogP contribution in [0.4, 0.5) is 16.0 Å². The maximum atomic E-state index is 14.1. The van der Waals surface area contributed by atoms with Gasteiger partial charge < -0.3 is 20.4 Å². The van der Waals surface area contributed by atoms with Crippen molar-refractivity contribution < 1.29 is 9.13 Å². The maximum Gasteiger partial charge on any atom is 0.180 e. The van der Waals surface area contributed by atoms with Gasteiger partial charge in [0.15, 0.2) is 11.6 Å². The molecule has 0 saturated heterocycles. The number of ether oxygens (including phenoxy) is 1. The summed E-state index contributed by atoms with van der Waals surface area (Å²) in [7, 11) is 0. The van der Waals surface area contributed by atoms with Gasteiger partial charge in [-0.15, -0.1) is 0 Å². The molecular weight excluding hydrogens is 337 g/mol. The first-order valence-electron chi connectivity index (χ1n) is 8.11. The number of nitrogens with zero attached hydrogens (tertiary/aromatic N) is 5. The summed E-state index contributed by atoms with van der Waals surface area (Å²) in [6, 6.07) is 4.67. The molecule has 3 N–H and O–H groups in total. The Morgan fingerprint density at radius 2 is 2.27 bits per heavy atom. The zero-order valence-electron chi connectivity index (χ0n) is 14.2. The van der Waals surface area contributed by atoms with Crippen LogP contribution in [-0.2, 0) is 0 Å². The number of halogens is 1. The van der Waals surface area contributed by atoms with E-state index in [1.54, 1.807) is 6.07 Å². The van der Waals surface area contributed by atoms with Gasteiger partial charge in [-0.05, 0) is 26.0 Å². The molecular formula is C17H16FN7O. The van der Waals surface area contributed by atoms with Crippen molar-refractivity contribution >= 4 is 22.7 Å². The van der Waals surface area contributed by atoms with Gasteiger partial charge in [0.2, 0.25) is 0 Å². The molecule has 4 rings (SSSR count). The van der Waals surface area contributed by atoms with E-state index in [4.69, 9.17) is 10.5 Å². The lowest BCUT2D eigenvalue weighted by atomic mass is 10.2. The third-order valence-corrected chi connectivity index (χ3v) is 4.42. The minimum atomic E-state index is -0.409. The molecule has 0 aliphatic carbocycles. The second kappa shape index (κ2) is 5.84. The number of rotatable bonds is 3. The van der Waals surface area contributed by atoms with Crippen LogP contribution in [0.3, 0.4) is 0 Å². The summed E-state index contributed by atoms with van der Waals surface area (Å²) in [6.45, 7) is 4.22. The highest BCUT2D eigenvalue weighted by Crippen LogP contribution is 2.38. The van der Waals surface area contributed by atoms with E-state index in [2.05, 4.69) is 20.3 Å². The Bertz CT molecular complexity index is 1060. The summed E-state index contributed by atoms with van der Waals surface area (Å²) >= 11 is 0. The van der Waals surface area contributed by atoms with Crippen molar-refractivity contribution in [3.8, 4) is 11.8 Å². The van der Waals surface area contributed by atoms with Crippen LogP contribution in [0.2, 0.25) is 0 Å². The van der Waals surface area contributed by atoms with Gasteiger partial charge in [0, 0.05) is 0 Å². The van der Waals surface area contributed by atoms with Gasteiger partial charge in [0.05, 0.1) is 17.6 Å². The van der Waals surface area contributed by atoms with Crippen molar-refractivity contribution in [2.24, 2.45) is 0 Å². The molecule has 1 aromatic carbocycles. The number of nitrogens with two attached hydrogens (primary N) is 1. The number of hydrogen-bond donors (Lipinski definition) is 2. The highest BCUT2D eigenvalue weighted by molar-refractivity contribution is 5.84. The standard InChI is InChI=1S/C17H16FN7O/c1-8-6-26-14-11(18)3-4-12-13(14)25(8)17(24-12)9(2)23-16-10(5-19)15(20)21-7-22-16/h3-4,7-9H,6H2,1-2H3,(H3,20,21,22,23)/t8-,9+/m1/s1. The van der Waals surface area contributed by atoms with Gasteiger partial charge in [0.25, 0.3) is 0 Å². The third kappa shape index (κ3) is 2.30. The Balaban J connectivity index is 1.81. The van der Waals surface area contributed by atoms with Crippen molar-refractivity contribution in [1.29, 1.82) is 5.26 Å². The van der Waals surface area contributed by atoms with E-state index in [1.165, 1.54) is 12.4 Å². The number of anilines is 2. The van der Waals surface area contributed by atoms with Crippen molar-refractivity contribution in [1.82, 2.24) is 19.5 Å². The molecule has 0 fully saturated rings. The second-order valence-electron chi connectivity index (χ2n) is 6.20. The number of imidazole rings is 1. The normalized spacial score (nSPS) is 16.8. The van der Waals surface area contributed by atoms with Crippen LogP contribution in [0.1, 0.15) is 37.3 Å². The summed E-state index contributed by atoms with van der Waals surface area (Å²) < 4.78 is 21.6. The van der Waals surface area contributed by atoms with Crippen LogP contribution in [0.5, 0.6) is 5.75 Å². The molecule has 1 aliphatic rings. The van der Waals surface area contributed by atoms with Crippen molar-refractivity contribution in [2.75, 3.05) is 17.7 Å². The molecule has 132 valence electrons. The number of nitriles is 1. The lowest BCUT2D eigenvalue weighted by Gasteiger charge is -2.26. The first-order valence-corrected chi connectivity index (χ1v) is 8.11. The summed E-state index contributed by atoms with van der Waals surface area (Å²) in [6.07, 6.45) is 1.29. The quantitative estimate of drug-likeness (QED) is 0.743. The van der Waals surface area contributed by atoms with E-state index < -0.39 is 5.82 Å². The fourth-order valence-corrected chi connectivity index (χ4v) is 3.21. The van der Waals surface area contributed by atoms with Gasteiger partial charge >= 0.3 is 0 Å². The molecule has 0 amide bonds. The van der Waals surface area contributed by atoms with Crippen LogP contribution < -0.4 is 15.8 Å². The van der Waals surface area contributed by atoms with E-state index in [0.29, 0.717) is 29.3 Å². The van der Waals surface area contributed by atoms with Crippen molar-refractivity contribution in [3.63, 3.8) is 0 Å². The minimum absolute atomic E-state index is 0.0144. The number of hydrogen-bond acceptors (Lipinski definition) is 7. The SMILES string of the molecule is C[C@H](Nc1ncnc(N)c1C#N)c1nc2ccc(F)c3c2n1[C@H](C)CO3. The smallest absolute Gasteiger partial charge is 0.180 e. The summed E-state index contributed by atoms with van der Waals surface area (Å²) in [5.41, 5.74) is 7.20. The molecule has 1 aliphatic heterocycles. The summed E-state index contributed by atoms with van der Waals surface area (Å²) in [4.78, 5) is 12.6. The Morgan fingerprint density at radius 1 is 1.46 bits per heavy atom. The molecule has 3 heterocycles. The van der Waals surface area contributed by atoms with Crippen LogP contribution in [0, 0.1) is 17.1 Å². The second-order valence-corrected chi connectivity index (χ2v) is 6.20. The molecule has 2 atom stereocenters. The molecule has 26 heavy (non-hydrogen) atoms. The zero-order chi connectivity index (χ0) is 18.4. The Hall–Kier alpha value is -3.41. The fraction of sp³-hybridized carbons (Fsp3) is 0.294. The van der Waals surface area contributed by atoms with Gasteiger partial charge in [-0.2, -0.15) is 5.26 Å². The van der Waals surface area contributed by atoms with Crippen LogP contribution in [-0.4, -0.2) is 26.1 Å². The number of nitrogen functional groups attached to an aromatic ring is 1.